The topological polar surface area (TPSA) is 75.3 Å². The number of carbonyl (C=O) groups is 3. The van der Waals surface area contributed by atoms with E-state index in [0.29, 0.717) is 5.02 Å². The van der Waals surface area contributed by atoms with Crippen molar-refractivity contribution < 1.29 is 14.4 Å². The van der Waals surface area contributed by atoms with Crippen molar-refractivity contribution in [3.63, 3.8) is 0 Å². The van der Waals surface area contributed by atoms with Crippen molar-refractivity contribution in [3.8, 4) is 0 Å². The van der Waals surface area contributed by atoms with Crippen LogP contribution in [0.4, 0.5) is 4.79 Å². The molecule has 2 rings (SSSR count). The standard InChI is InChI=1S/C15H10Cl2N2O3/c16-10-7-5-9(6-8-10)13(20)18-15(22)19-14(21)11-3-1-2-4-12(11)17/h1-8H,(H2,18,19,20,21,22). The smallest absolute Gasteiger partial charge is 0.274 e. The van der Waals surface area contributed by atoms with E-state index in [9.17, 15) is 14.4 Å². The number of hydrogen-bond acceptors (Lipinski definition) is 3. The van der Waals surface area contributed by atoms with Crippen LogP contribution in [0.3, 0.4) is 0 Å². The van der Waals surface area contributed by atoms with Crippen molar-refractivity contribution >= 4 is 41.0 Å². The van der Waals surface area contributed by atoms with E-state index in [-0.39, 0.29) is 16.1 Å². The zero-order valence-corrected chi connectivity index (χ0v) is 12.6. The highest BCUT2D eigenvalue weighted by Crippen LogP contribution is 2.14. The molecule has 0 aromatic heterocycles. The van der Waals surface area contributed by atoms with Gasteiger partial charge in [-0.3, -0.25) is 20.2 Å². The van der Waals surface area contributed by atoms with E-state index < -0.39 is 17.8 Å². The number of rotatable bonds is 2. The average molecular weight is 337 g/mol. The highest BCUT2D eigenvalue weighted by Gasteiger charge is 2.15. The number of urea groups is 1. The van der Waals surface area contributed by atoms with Gasteiger partial charge in [0.15, 0.2) is 0 Å². The van der Waals surface area contributed by atoms with Crippen LogP contribution >= 0.6 is 23.2 Å². The Morgan fingerprint density at radius 2 is 1.36 bits per heavy atom. The van der Waals surface area contributed by atoms with Gasteiger partial charge in [-0.1, -0.05) is 35.3 Å². The summed E-state index contributed by atoms with van der Waals surface area (Å²) < 4.78 is 0. The van der Waals surface area contributed by atoms with Crippen LogP contribution in [0.2, 0.25) is 10.0 Å². The van der Waals surface area contributed by atoms with E-state index >= 15 is 0 Å². The van der Waals surface area contributed by atoms with Gasteiger partial charge in [-0.25, -0.2) is 4.79 Å². The summed E-state index contributed by atoms with van der Waals surface area (Å²) in [5.74, 6) is -1.35. The summed E-state index contributed by atoms with van der Waals surface area (Å²) in [4.78, 5) is 35.3. The fourth-order valence-electron chi connectivity index (χ4n) is 1.62. The molecule has 0 spiro atoms. The van der Waals surface area contributed by atoms with Crippen LogP contribution in [0.25, 0.3) is 0 Å². The van der Waals surface area contributed by atoms with Gasteiger partial charge < -0.3 is 0 Å². The van der Waals surface area contributed by atoms with Gasteiger partial charge in [0, 0.05) is 10.6 Å². The van der Waals surface area contributed by atoms with Crippen LogP contribution in [-0.2, 0) is 0 Å². The Hall–Kier alpha value is -2.37. The normalized spacial score (nSPS) is 9.91. The summed E-state index contributed by atoms with van der Waals surface area (Å²) in [6.07, 6.45) is 0. The lowest BCUT2D eigenvalue weighted by Gasteiger charge is -2.07. The van der Waals surface area contributed by atoms with E-state index in [1.54, 1.807) is 12.1 Å². The van der Waals surface area contributed by atoms with Crippen molar-refractivity contribution in [2.75, 3.05) is 0 Å². The lowest BCUT2D eigenvalue weighted by atomic mass is 10.2. The maximum Gasteiger partial charge on any atom is 0.328 e. The second kappa shape index (κ2) is 7.06. The second-order valence-corrected chi connectivity index (χ2v) is 5.07. The Balaban J connectivity index is 1.98. The maximum atomic E-state index is 11.9. The van der Waals surface area contributed by atoms with Gasteiger partial charge in [0.2, 0.25) is 0 Å². The van der Waals surface area contributed by atoms with Crippen LogP contribution in [-0.4, -0.2) is 17.8 Å². The molecule has 0 saturated heterocycles. The van der Waals surface area contributed by atoms with Gasteiger partial charge in [0.1, 0.15) is 0 Å². The molecule has 0 aliphatic rings. The van der Waals surface area contributed by atoms with E-state index in [0.717, 1.165) is 0 Å². The molecular formula is C15H10Cl2N2O3. The molecule has 112 valence electrons. The number of halogens is 2. The van der Waals surface area contributed by atoms with Crippen molar-refractivity contribution in [1.82, 2.24) is 10.6 Å². The number of benzene rings is 2. The highest BCUT2D eigenvalue weighted by atomic mass is 35.5. The fourth-order valence-corrected chi connectivity index (χ4v) is 1.97. The van der Waals surface area contributed by atoms with Crippen molar-refractivity contribution in [2.45, 2.75) is 0 Å². The van der Waals surface area contributed by atoms with Gasteiger partial charge in [-0.2, -0.15) is 0 Å². The summed E-state index contributed by atoms with van der Waals surface area (Å²) in [6.45, 7) is 0. The molecule has 2 aromatic rings. The molecule has 0 radical (unpaired) electrons. The zero-order valence-electron chi connectivity index (χ0n) is 11.1. The van der Waals surface area contributed by atoms with E-state index in [1.165, 1.54) is 36.4 Å². The number of carbonyl (C=O) groups excluding carboxylic acids is 3. The Morgan fingerprint density at radius 1 is 0.773 bits per heavy atom. The Morgan fingerprint density at radius 3 is 2.00 bits per heavy atom. The van der Waals surface area contributed by atoms with Crippen LogP contribution in [0, 0.1) is 0 Å². The van der Waals surface area contributed by atoms with Gasteiger partial charge in [0.05, 0.1) is 10.6 Å². The van der Waals surface area contributed by atoms with Crippen LogP contribution in [0.15, 0.2) is 48.5 Å². The third-order valence-corrected chi connectivity index (χ3v) is 3.26. The molecule has 0 bridgehead atoms. The molecule has 22 heavy (non-hydrogen) atoms. The SMILES string of the molecule is O=C(NC(=O)c1ccc(Cl)cc1)NC(=O)c1ccccc1Cl. The first-order chi connectivity index (χ1) is 10.5. The van der Waals surface area contributed by atoms with Gasteiger partial charge >= 0.3 is 6.03 Å². The molecule has 0 aliphatic carbocycles. The lowest BCUT2D eigenvalue weighted by Crippen LogP contribution is -2.42. The molecule has 0 unspecified atom stereocenters. The second-order valence-electron chi connectivity index (χ2n) is 4.22. The Labute approximate surface area is 136 Å². The molecule has 5 nitrogen and oxygen atoms in total. The van der Waals surface area contributed by atoms with Gasteiger partial charge in [-0.15, -0.1) is 0 Å². The molecule has 0 atom stereocenters. The third kappa shape index (κ3) is 4.07. The minimum absolute atomic E-state index is 0.137. The molecular weight excluding hydrogens is 327 g/mol. The largest absolute Gasteiger partial charge is 0.328 e. The number of imide groups is 2. The minimum Gasteiger partial charge on any atom is -0.274 e. The van der Waals surface area contributed by atoms with E-state index in [1.807, 2.05) is 10.6 Å². The summed E-state index contributed by atoms with van der Waals surface area (Å²) in [5.41, 5.74) is 0.378. The maximum absolute atomic E-state index is 11.9. The molecule has 0 heterocycles. The number of hydrogen-bond donors (Lipinski definition) is 2. The Bertz CT molecular complexity index is 730. The summed E-state index contributed by atoms with van der Waals surface area (Å²) in [7, 11) is 0. The van der Waals surface area contributed by atoms with Crippen LogP contribution in [0.1, 0.15) is 20.7 Å². The van der Waals surface area contributed by atoms with E-state index in [4.69, 9.17) is 23.2 Å². The highest BCUT2D eigenvalue weighted by molar-refractivity contribution is 6.34. The molecule has 0 saturated carbocycles. The van der Waals surface area contributed by atoms with Crippen LogP contribution < -0.4 is 10.6 Å². The summed E-state index contributed by atoms with van der Waals surface area (Å²) in [5, 5.41) is 4.74. The third-order valence-electron chi connectivity index (χ3n) is 2.68. The molecule has 0 aliphatic heterocycles. The summed E-state index contributed by atoms with van der Waals surface area (Å²) >= 11 is 11.6. The lowest BCUT2D eigenvalue weighted by molar-refractivity contribution is 0.0945. The zero-order chi connectivity index (χ0) is 16.1. The fraction of sp³-hybridized carbons (Fsp3) is 0. The minimum atomic E-state index is -0.940. The first kappa shape index (κ1) is 16.0. The Kier molecular flexibility index (Phi) is 5.14. The van der Waals surface area contributed by atoms with Crippen LogP contribution in [0.5, 0.6) is 0 Å². The van der Waals surface area contributed by atoms with Gasteiger partial charge in [0.25, 0.3) is 11.8 Å². The molecule has 4 amide bonds. The van der Waals surface area contributed by atoms with Crippen molar-refractivity contribution in [3.05, 3.63) is 69.7 Å². The predicted molar refractivity (Wildman–Crippen MR) is 83.2 cm³/mol. The number of nitrogens with one attached hydrogen (secondary N) is 2. The van der Waals surface area contributed by atoms with E-state index in [2.05, 4.69) is 0 Å². The summed E-state index contributed by atoms with van der Waals surface area (Å²) in [6, 6.07) is 11.3. The van der Waals surface area contributed by atoms with Gasteiger partial charge in [-0.05, 0) is 36.4 Å². The average Bonchev–Trinajstić information content (AvgIpc) is 2.48. The quantitative estimate of drug-likeness (QED) is 0.883. The molecule has 2 N–H and O–H groups in total. The first-order valence-electron chi connectivity index (χ1n) is 6.14. The number of amides is 4. The van der Waals surface area contributed by atoms with Crippen molar-refractivity contribution in [1.29, 1.82) is 0 Å². The molecule has 2 aromatic carbocycles. The first-order valence-corrected chi connectivity index (χ1v) is 6.89. The van der Waals surface area contributed by atoms with Crippen molar-refractivity contribution in [2.24, 2.45) is 0 Å². The molecule has 7 heteroatoms. The predicted octanol–water partition coefficient (Wildman–Crippen LogP) is 3.27. The molecule has 0 fully saturated rings. The monoisotopic (exact) mass is 336 g/mol.